The molecule has 6 amide bonds. The molecule has 0 unspecified atom stereocenters. The number of nitrogens with one attached hydrogen (secondary N) is 3. The van der Waals surface area contributed by atoms with Crippen molar-refractivity contribution in [3.63, 3.8) is 0 Å². The number of amides is 6. The second kappa shape index (κ2) is 26.2. The number of carbonyl (C=O) groups is 9. The van der Waals surface area contributed by atoms with E-state index in [1.165, 1.54) is 31.0 Å². The molecule has 2 bridgehead atoms. The van der Waals surface area contributed by atoms with Crippen molar-refractivity contribution in [1.82, 2.24) is 25.8 Å². The Hall–Kier alpha value is -5.39. The van der Waals surface area contributed by atoms with Crippen molar-refractivity contribution < 1.29 is 58.1 Å². The number of rotatable bonds is 16. The van der Waals surface area contributed by atoms with Crippen LogP contribution in [0.5, 0.6) is 5.75 Å². The first-order valence-corrected chi connectivity index (χ1v) is 23.4. The maximum atomic E-state index is 14.9. The lowest BCUT2D eigenvalue weighted by molar-refractivity contribution is -0.170. The Morgan fingerprint density at radius 3 is 2.06 bits per heavy atom. The number of carbonyl (C=O) groups excluding carboxylic acids is 9. The van der Waals surface area contributed by atoms with Crippen LogP contribution in [0.3, 0.4) is 0 Å². The zero-order valence-corrected chi connectivity index (χ0v) is 40.3. The van der Waals surface area contributed by atoms with Gasteiger partial charge in [-0.2, -0.15) is 0 Å². The number of cyclic esters (lactones) is 1. The summed E-state index contributed by atoms with van der Waals surface area (Å²) in [5.74, 6) is -10.2. The van der Waals surface area contributed by atoms with Gasteiger partial charge in [0.15, 0.2) is 5.78 Å². The molecule has 0 spiro atoms. The van der Waals surface area contributed by atoms with Crippen molar-refractivity contribution in [3.05, 3.63) is 29.8 Å². The van der Waals surface area contributed by atoms with Crippen molar-refractivity contribution in [2.24, 2.45) is 41.2 Å². The van der Waals surface area contributed by atoms with Gasteiger partial charge in [0, 0.05) is 50.5 Å². The normalized spacial score (nSPS) is 26.2. The third-order valence-corrected chi connectivity index (χ3v) is 13.1. The van der Waals surface area contributed by atoms with E-state index in [-0.39, 0.29) is 76.2 Å². The zero-order valence-electron chi connectivity index (χ0n) is 40.3. The van der Waals surface area contributed by atoms with Crippen molar-refractivity contribution in [3.8, 4) is 5.75 Å². The highest BCUT2D eigenvalue weighted by molar-refractivity contribution is 5.98. The lowest BCUT2D eigenvalue weighted by atomic mass is 9.85. The highest BCUT2D eigenvalue weighted by atomic mass is 16.5. The number of phenolic OH excluding ortho intramolecular Hbond substituents is 1. The third kappa shape index (κ3) is 15.9. The van der Waals surface area contributed by atoms with Gasteiger partial charge in [0.25, 0.3) is 0 Å². The summed E-state index contributed by atoms with van der Waals surface area (Å²) in [6, 6.07) is -0.831. The molecule has 7 N–H and O–H groups in total. The zero-order chi connectivity index (χ0) is 49.7. The van der Waals surface area contributed by atoms with Crippen molar-refractivity contribution in [2.75, 3.05) is 7.05 Å². The van der Waals surface area contributed by atoms with Crippen LogP contribution in [0.4, 0.5) is 0 Å². The number of benzene rings is 1. The van der Waals surface area contributed by atoms with Crippen LogP contribution in [0.15, 0.2) is 24.3 Å². The summed E-state index contributed by atoms with van der Waals surface area (Å²) < 4.78 is 5.94. The quantitative estimate of drug-likeness (QED) is 0.130. The molecule has 2 aliphatic rings. The monoisotopic (exact) mass is 943 g/mol. The number of aromatic hydroxyl groups is 1. The van der Waals surface area contributed by atoms with E-state index >= 15 is 0 Å². The van der Waals surface area contributed by atoms with Gasteiger partial charge in [-0.05, 0) is 68.1 Å². The van der Waals surface area contributed by atoms with Gasteiger partial charge in [-0.15, -0.1) is 0 Å². The third-order valence-electron chi connectivity index (χ3n) is 13.1. The van der Waals surface area contributed by atoms with Gasteiger partial charge < -0.3 is 46.4 Å². The fourth-order valence-electron chi connectivity index (χ4n) is 8.39. The van der Waals surface area contributed by atoms with Gasteiger partial charge in [-0.3, -0.25) is 38.4 Å². The number of aliphatic hydroxyl groups is 1. The number of esters is 1. The molecule has 0 radical (unpaired) electrons. The standard InChI is InChI=1S/C48H74N6O12.CH4/c1-11-27(7)40-48(65)66-29(9)41(52-43(60)31(15-19-38(49)58)23-36(56)26(5)6)45(62)50-34(21-25(3)4)37(57)24-32-16-20-39(59)54(46(32)63)42(28(8)12-2)47(64)53(10)35(44(61)51-40)22-30-13-17-33(55)18-14-30;/h13-14,17-18,25-29,31-32,34-35,39-42,55,59H,11-12,15-16,19-24H2,1-10H3,(H2,49,58)(H,50,62)(H,51,61)(H,52,60);1H4/t27-,28-,29+,31+,32+,34-,35-,39+,40-,41-,42-;/m0./s1. The second-order valence-corrected chi connectivity index (χ2v) is 19.1. The van der Waals surface area contributed by atoms with Crippen LogP contribution in [0, 0.1) is 35.5 Å². The summed E-state index contributed by atoms with van der Waals surface area (Å²) in [4.78, 5) is 128. The highest BCUT2D eigenvalue weighted by Gasteiger charge is 2.47. The van der Waals surface area contributed by atoms with E-state index in [1.54, 1.807) is 46.8 Å². The maximum absolute atomic E-state index is 14.9. The Labute approximate surface area is 396 Å². The van der Waals surface area contributed by atoms with E-state index < -0.39 is 119 Å². The topological polar surface area (TPSA) is 272 Å². The molecule has 18 nitrogen and oxygen atoms in total. The first-order valence-electron chi connectivity index (χ1n) is 23.4. The SMILES string of the molecule is C.CC[C@H](C)[C@@H]1NC(=O)[C@H](Cc2ccc(O)cc2)N(C)C(=O)[C@H]([C@@H](C)CC)N2C(=O)[C@H](CC[C@H]2O)CC(=O)[C@H](CC(C)C)NC(=O)[C@@H](NC(=O)[C@H](CCC(N)=O)CC(=O)C(C)C)[C@@H](C)OC1=O. The average Bonchev–Trinajstić information content (AvgIpc) is 3.25. The highest BCUT2D eigenvalue weighted by Crippen LogP contribution is 2.32. The maximum Gasteiger partial charge on any atom is 0.329 e. The number of primary amides is 1. The van der Waals surface area contributed by atoms with Crippen LogP contribution in [-0.2, 0) is 54.3 Å². The predicted octanol–water partition coefficient (Wildman–Crippen LogP) is 3.32. The minimum Gasteiger partial charge on any atom is -0.508 e. The fourth-order valence-corrected chi connectivity index (χ4v) is 8.39. The summed E-state index contributed by atoms with van der Waals surface area (Å²) in [6.07, 6.45) is -3.00. The van der Waals surface area contributed by atoms with E-state index in [1.807, 2.05) is 20.8 Å². The lowest BCUT2D eigenvalue weighted by Gasteiger charge is -2.44. The minimum atomic E-state index is -1.67. The number of Topliss-reactive ketones (excluding diaryl/α,β-unsaturated/α-hetero) is 2. The number of fused-ring (bicyclic) bond motifs is 2. The summed E-state index contributed by atoms with van der Waals surface area (Å²) in [5, 5.41) is 29.6. The molecule has 18 heteroatoms. The molecule has 2 heterocycles. The van der Waals surface area contributed by atoms with Crippen LogP contribution in [0.25, 0.3) is 0 Å². The van der Waals surface area contributed by atoms with Gasteiger partial charge in [-0.25, -0.2) is 4.79 Å². The second-order valence-electron chi connectivity index (χ2n) is 19.1. The van der Waals surface area contributed by atoms with Crippen molar-refractivity contribution >= 4 is 53.0 Å². The Morgan fingerprint density at radius 1 is 0.896 bits per heavy atom. The summed E-state index contributed by atoms with van der Waals surface area (Å²) >= 11 is 0. The van der Waals surface area contributed by atoms with Gasteiger partial charge in [0.1, 0.15) is 48.0 Å². The molecule has 2 saturated heterocycles. The summed E-state index contributed by atoms with van der Waals surface area (Å²) in [5.41, 5.74) is 5.95. The number of ether oxygens (including phenoxy) is 1. The molecule has 1 aromatic carbocycles. The molecule has 0 aromatic heterocycles. The molecule has 3 rings (SSSR count). The van der Waals surface area contributed by atoms with Crippen molar-refractivity contribution in [1.29, 1.82) is 0 Å². The number of likely N-dealkylation sites (N-methyl/N-ethyl adjacent to an activating group) is 1. The molecule has 376 valence electrons. The Morgan fingerprint density at radius 2 is 1.51 bits per heavy atom. The Balaban J connectivity index is 0.0000154. The van der Waals surface area contributed by atoms with E-state index in [4.69, 9.17) is 10.5 Å². The number of nitrogens with two attached hydrogens (primary N) is 1. The van der Waals surface area contributed by atoms with Crippen LogP contribution < -0.4 is 21.7 Å². The van der Waals surface area contributed by atoms with Gasteiger partial charge in [0.05, 0.1) is 6.04 Å². The molecule has 1 aromatic rings. The van der Waals surface area contributed by atoms with Gasteiger partial charge in [0.2, 0.25) is 35.4 Å². The Bertz CT molecular complexity index is 1910. The molecule has 0 saturated carbocycles. The number of piperidine rings is 1. The number of hydrogen-bond acceptors (Lipinski definition) is 12. The number of phenols is 1. The van der Waals surface area contributed by atoms with E-state index in [9.17, 15) is 53.4 Å². The summed E-state index contributed by atoms with van der Waals surface area (Å²) in [6.45, 7) is 15.4. The molecule has 11 atom stereocenters. The number of aliphatic hydroxyl groups excluding tert-OH is 1. The largest absolute Gasteiger partial charge is 0.508 e. The summed E-state index contributed by atoms with van der Waals surface area (Å²) in [7, 11) is 1.40. The number of hydrogen-bond donors (Lipinski definition) is 6. The smallest absolute Gasteiger partial charge is 0.329 e. The molecular weight excluding hydrogens is 865 g/mol. The minimum absolute atomic E-state index is 0. The van der Waals surface area contributed by atoms with Crippen molar-refractivity contribution in [2.45, 2.75) is 176 Å². The molecule has 0 aliphatic carbocycles. The predicted molar refractivity (Wildman–Crippen MR) is 250 cm³/mol. The van der Waals surface area contributed by atoms with E-state index in [2.05, 4.69) is 16.0 Å². The van der Waals surface area contributed by atoms with Crippen LogP contribution in [0.1, 0.15) is 133 Å². The molecule has 2 fully saturated rings. The Kier molecular flexibility index (Phi) is 22.6. The fraction of sp³-hybridized carbons (Fsp3) is 0.694. The molecular formula is C49H78N6O12. The van der Waals surface area contributed by atoms with Crippen LogP contribution >= 0.6 is 0 Å². The van der Waals surface area contributed by atoms with Crippen LogP contribution in [0.2, 0.25) is 0 Å². The van der Waals surface area contributed by atoms with Gasteiger partial charge >= 0.3 is 5.97 Å². The first kappa shape index (κ1) is 57.7. The molecule has 67 heavy (non-hydrogen) atoms. The number of nitrogens with zero attached hydrogens (tertiary/aromatic N) is 2. The van der Waals surface area contributed by atoms with E-state index in [0.717, 1.165) is 4.90 Å². The van der Waals surface area contributed by atoms with Gasteiger partial charge in [-0.1, -0.05) is 87.8 Å². The van der Waals surface area contributed by atoms with E-state index in [0.29, 0.717) is 18.4 Å². The van der Waals surface area contributed by atoms with Crippen LogP contribution in [-0.4, -0.2) is 123 Å². The average molecular weight is 943 g/mol. The number of ketones is 2. The lowest BCUT2D eigenvalue weighted by Crippen LogP contribution is -2.63. The molecule has 2 aliphatic heterocycles. The first-order chi connectivity index (χ1) is 30.9.